The minimum absolute atomic E-state index is 0.00924. The number of nitrogens with zero attached hydrogens (tertiary/aromatic N) is 4. The maximum atomic E-state index is 12.4. The Morgan fingerprint density at radius 1 is 0.902 bits per heavy atom. The second-order valence-corrected chi connectivity index (χ2v) is 11.4. The van der Waals surface area contributed by atoms with Crippen LogP contribution in [0.5, 0.6) is 5.75 Å². The molecule has 0 radical (unpaired) electrons. The van der Waals surface area contributed by atoms with Gasteiger partial charge in [0.25, 0.3) is 5.56 Å². The van der Waals surface area contributed by atoms with Gasteiger partial charge in [-0.3, -0.25) is 14.5 Å². The molecular weight excluding hydrogens is 514 g/mol. The molecule has 1 amide bonds. The Bertz CT molecular complexity index is 1570. The number of likely N-dealkylation sites (N-methyl/N-ethyl adjacent to an activating group) is 1. The predicted molar refractivity (Wildman–Crippen MR) is 164 cm³/mol. The Balaban J connectivity index is 1.02. The number of benzene rings is 2. The molecule has 8 heteroatoms. The first-order valence-corrected chi connectivity index (χ1v) is 14.6. The topological polar surface area (TPSA) is 73.8 Å². The van der Waals surface area contributed by atoms with Gasteiger partial charge in [-0.15, -0.1) is 0 Å². The molecule has 0 saturated carbocycles. The molecule has 8 nitrogen and oxygen atoms in total. The van der Waals surface area contributed by atoms with E-state index in [-0.39, 0.29) is 17.5 Å². The summed E-state index contributed by atoms with van der Waals surface area (Å²) in [6.07, 6.45) is 5.98. The molecule has 4 aromatic rings. The number of H-pyrrole nitrogens is 1. The number of ether oxygens (including phenoxy) is 1. The molecule has 1 atom stereocenters. The van der Waals surface area contributed by atoms with Crippen molar-refractivity contribution in [2.75, 3.05) is 51.3 Å². The van der Waals surface area contributed by atoms with Gasteiger partial charge in [-0.1, -0.05) is 24.3 Å². The van der Waals surface area contributed by atoms with Crippen LogP contribution >= 0.6 is 0 Å². The van der Waals surface area contributed by atoms with Crippen LogP contribution in [0.15, 0.2) is 71.8 Å². The lowest BCUT2D eigenvalue weighted by Crippen LogP contribution is -2.55. The molecule has 2 aliphatic heterocycles. The minimum Gasteiger partial charge on any atom is -0.492 e. The highest BCUT2D eigenvalue weighted by Gasteiger charge is 2.29. The van der Waals surface area contributed by atoms with Gasteiger partial charge >= 0.3 is 0 Å². The summed E-state index contributed by atoms with van der Waals surface area (Å²) in [5.74, 6) is 1.61. The summed E-state index contributed by atoms with van der Waals surface area (Å²) in [5, 5.41) is 0.958. The molecule has 2 aromatic heterocycles. The maximum absolute atomic E-state index is 12.4. The lowest BCUT2D eigenvalue weighted by atomic mass is 9.89. The highest BCUT2D eigenvalue weighted by atomic mass is 16.5. The first-order valence-electron chi connectivity index (χ1n) is 14.6. The molecule has 4 heterocycles. The third kappa shape index (κ3) is 5.48. The number of amides is 1. The van der Waals surface area contributed by atoms with Crippen molar-refractivity contribution in [3.63, 3.8) is 0 Å². The smallest absolute Gasteiger partial charge is 0.274 e. The van der Waals surface area contributed by atoms with Crippen molar-refractivity contribution < 1.29 is 9.53 Å². The van der Waals surface area contributed by atoms with Crippen LogP contribution in [0.3, 0.4) is 0 Å². The number of hydrogen-bond acceptors (Lipinski definition) is 5. The molecule has 6 rings (SSSR count). The van der Waals surface area contributed by atoms with Crippen molar-refractivity contribution in [3.8, 4) is 16.9 Å². The number of aromatic nitrogens is 2. The summed E-state index contributed by atoms with van der Waals surface area (Å²) in [4.78, 5) is 34.2. The zero-order valence-corrected chi connectivity index (χ0v) is 24.2. The van der Waals surface area contributed by atoms with Crippen molar-refractivity contribution in [1.29, 1.82) is 0 Å². The van der Waals surface area contributed by atoms with Crippen LogP contribution in [0.4, 0.5) is 5.69 Å². The number of aryl methyl sites for hydroxylation is 1. The molecule has 0 unspecified atom stereocenters. The van der Waals surface area contributed by atoms with Gasteiger partial charge in [-0.25, -0.2) is 0 Å². The van der Waals surface area contributed by atoms with E-state index in [1.54, 1.807) is 16.5 Å². The average Bonchev–Trinajstić information content (AvgIpc) is 3.50. The fourth-order valence-electron chi connectivity index (χ4n) is 6.30. The third-order valence-electron chi connectivity index (χ3n) is 8.94. The van der Waals surface area contributed by atoms with Gasteiger partial charge in [0.2, 0.25) is 5.91 Å². The van der Waals surface area contributed by atoms with Crippen molar-refractivity contribution >= 4 is 22.5 Å². The van der Waals surface area contributed by atoms with Crippen LogP contribution in [-0.2, 0) is 11.8 Å². The summed E-state index contributed by atoms with van der Waals surface area (Å²) >= 11 is 0. The van der Waals surface area contributed by atoms with E-state index >= 15 is 0 Å². The van der Waals surface area contributed by atoms with Crippen LogP contribution in [0, 0.1) is 0 Å². The molecule has 2 fully saturated rings. The fourth-order valence-corrected chi connectivity index (χ4v) is 6.30. The summed E-state index contributed by atoms with van der Waals surface area (Å²) < 4.78 is 7.66. The second-order valence-electron chi connectivity index (χ2n) is 11.4. The van der Waals surface area contributed by atoms with Crippen molar-refractivity contribution in [2.24, 2.45) is 7.05 Å². The van der Waals surface area contributed by atoms with Gasteiger partial charge in [-0.05, 0) is 67.1 Å². The largest absolute Gasteiger partial charge is 0.492 e. The van der Waals surface area contributed by atoms with Crippen molar-refractivity contribution in [1.82, 2.24) is 19.4 Å². The quantitative estimate of drug-likeness (QED) is 0.366. The Morgan fingerprint density at radius 2 is 1.63 bits per heavy atom. The van der Waals surface area contributed by atoms with E-state index in [9.17, 15) is 9.59 Å². The molecule has 41 heavy (non-hydrogen) atoms. The molecule has 0 bridgehead atoms. The Morgan fingerprint density at radius 3 is 2.37 bits per heavy atom. The lowest BCUT2D eigenvalue weighted by molar-refractivity contribution is -0.139. The van der Waals surface area contributed by atoms with E-state index in [0.29, 0.717) is 18.0 Å². The summed E-state index contributed by atoms with van der Waals surface area (Å²) in [6, 6.07) is 19.2. The number of carbonyl (C=O) groups excluding carboxylic acids is 1. The fraction of sp³-hybridized carbons (Fsp3) is 0.394. The molecule has 2 aromatic carbocycles. The second kappa shape index (κ2) is 11.4. The third-order valence-corrected chi connectivity index (χ3v) is 8.94. The number of piperazine rings is 1. The molecule has 2 saturated heterocycles. The molecule has 214 valence electrons. The minimum atomic E-state index is -0.0838. The number of rotatable bonds is 7. The zero-order chi connectivity index (χ0) is 28.5. The Labute approximate surface area is 241 Å². The number of fused-ring (bicyclic) bond motifs is 1. The predicted octanol–water partition coefficient (Wildman–Crippen LogP) is 4.46. The van der Waals surface area contributed by atoms with Crippen LogP contribution in [0.25, 0.3) is 22.0 Å². The van der Waals surface area contributed by atoms with E-state index in [4.69, 9.17) is 4.74 Å². The van der Waals surface area contributed by atoms with E-state index in [1.807, 2.05) is 32.4 Å². The Hall–Kier alpha value is -4.04. The van der Waals surface area contributed by atoms with E-state index in [1.165, 1.54) is 11.3 Å². The molecule has 2 aliphatic rings. The highest BCUT2D eigenvalue weighted by Crippen LogP contribution is 2.33. The van der Waals surface area contributed by atoms with Crippen molar-refractivity contribution in [2.45, 2.75) is 31.7 Å². The van der Waals surface area contributed by atoms with Gasteiger partial charge in [0.1, 0.15) is 17.9 Å². The standard InChI is InChI=1S/C33H39N5O3/c1-23-32(39)35(2)18-19-37(23)20-21-41-28-10-6-24(7-11-28)25-13-16-38(17-14-25)27-8-4-26(5-9-27)30-22-36(3)33(40)31-29(30)12-15-34-31/h4-12,15,22-23,25,34H,13-14,16-21H2,1-3H3/t23-/m1/s1. The van der Waals surface area contributed by atoms with Gasteiger partial charge in [-0.2, -0.15) is 0 Å². The normalized spacial score (nSPS) is 18.8. The maximum Gasteiger partial charge on any atom is 0.274 e. The number of piperidine rings is 1. The van der Waals surface area contributed by atoms with E-state index in [2.05, 4.69) is 63.3 Å². The van der Waals surface area contributed by atoms with Gasteiger partial charge in [0.05, 0.1) is 6.04 Å². The summed E-state index contributed by atoms with van der Waals surface area (Å²) in [7, 11) is 3.67. The average molecular weight is 554 g/mol. The zero-order valence-electron chi connectivity index (χ0n) is 24.2. The number of pyridine rings is 1. The highest BCUT2D eigenvalue weighted by molar-refractivity contribution is 5.94. The molecular formula is C33H39N5O3. The van der Waals surface area contributed by atoms with E-state index < -0.39 is 0 Å². The number of hydrogen-bond donors (Lipinski definition) is 1. The SMILES string of the molecule is C[C@@H]1C(=O)N(C)CCN1CCOc1ccc(C2CCN(c3ccc(-c4cn(C)c(=O)c5[nH]ccc45)cc3)CC2)cc1. The Kier molecular flexibility index (Phi) is 7.58. The molecule has 0 spiro atoms. The van der Waals surface area contributed by atoms with Gasteiger partial charge in [0.15, 0.2) is 0 Å². The molecule has 1 N–H and O–H groups in total. The number of aromatic amines is 1. The number of nitrogens with one attached hydrogen (secondary N) is 1. The molecule has 0 aliphatic carbocycles. The summed E-state index contributed by atoms with van der Waals surface area (Å²) in [6.45, 7) is 7.01. The first kappa shape index (κ1) is 27.1. The van der Waals surface area contributed by atoms with Gasteiger partial charge < -0.3 is 24.1 Å². The van der Waals surface area contributed by atoms with E-state index in [0.717, 1.165) is 67.8 Å². The van der Waals surface area contributed by atoms with Crippen LogP contribution in [0.1, 0.15) is 31.2 Å². The number of carbonyl (C=O) groups is 1. The first-order chi connectivity index (χ1) is 19.9. The van der Waals surface area contributed by atoms with Crippen LogP contribution in [-0.4, -0.2) is 77.7 Å². The monoisotopic (exact) mass is 553 g/mol. The van der Waals surface area contributed by atoms with Gasteiger partial charge in [0, 0.05) is 75.8 Å². The van der Waals surface area contributed by atoms with Crippen LogP contribution < -0.4 is 15.2 Å². The van der Waals surface area contributed by atoms with Crippen LogP contribution in [0.2, 0.25) is 0 Å². The lowest BCUT2D eigenvalue weighted by Gasteiger charge is -2.37. The summed E-state index contributed by atoms with van der Waals surface area (Å²) in [5.41, 5.74) is 5.42. The number of anilines is 1. The van der Waals surface area contributed by atoms with Crippen molar-refractivity contribution in [3.05, 3.63) is 82.9 Å².